The molecular weight excluding hydrogens is 446 g/mol. The van der Waals surface area contributed by atoms with Crippen LogP contribution < -0.4 is 5.32 Å². The van der Waals surface area contributed by atoms with Gasteiger partial charge in [0.1, 0.15) is 16.1 Å². The number of anilines is 1. The van der Waals surface area contributed by atoms with E-state index in [0.29, 0.717) is 21.0 Å². The second kappa shape index (κ2) is 9.94. The molecule has 1 aromatic carbocycles. The first kappa shape index (κ1) is 23.4. The number of Topliss-reactive ketones (excluding diaryl/α,β-unsaturated/α-hetero) is 1. The molecule has 0 spiro atoms. The minimum atomic E-state index is -0.588. The van der Waals surface area contributed by atoms with E-state index >= 15 is 0 Å². The number of amides is 1. The number of carbonyl (C=O) groups is 3. The second-order valence-electron chi connectivity index (χ2n) is 7.02. The first-order valence-electron chi connectivity index (χ1n) is 9.80. The Morgan fingerprint density at radius 3 is 2.66 bits per heavy atom. The minimum absolute atomic E-state index is 0.0202. The minimum Gasteiger partial charge on any atom is -0.462 e. The number of nitrogens with one attached hydrogen (secondary N) is 1. The number of ketones is 1. The van der Waals surface area contributed by atoms with E-state index in [2.05, 4.69) is 16.4 Å². The third-order valence-electron chi connectivity index (χ3n) is 4.60. The van der Waals surface area contributed by atoms with Crippen molar-refractivity contribution in [2.75, 3.05) is 17.7 Å². The highest BCUT2D eigenvalue weighted by Gasteiger charge is 2.25. The van der Waals surface area contributed by atoms with Gasteiger partial charge in [0.05, 0.1) is 33.9 Å². The summed E-state index contributed by atoms with van der Waals surface area (Å²) in [5.74, 6) is -1.18. The van der Waals surface area contributed by atoms with Gasteiger partial charge in [-0.15, -0.1) is 11.3 Å². The van der Waals surface area contributed by atoms with Crippen molar-refractivity contribution in [1.29, 1.82) is 5.26 Å². The third kappa shape index (κ3) is 4.98. The highest BCUT2D eigenvalue weighted by atomic mass is 32.2. The molecule has 2 heterocycles. The molecule has 0 aliphatic rings. The maximum absolute atomic E-state index is 12.7. The number of esters is 1. The van der Waals surface area contributed by atoms with Crippen LogP contribution in [0.25, 0.3) is 10.9 Å². The molecule has 1 amide bonds. The Morgan fingerprint density at radius 1 is 1.25 bits per heavy atom. The van der Waals surface area contributed by atoms with Crippen LogP contribution in [0.5, 0.6) is 0 Å². The van der Waals surface area contributed by atoms with Crippen molar-refractivity contribution >= 4 is 56.7 Å². The lowest BCUT2D eigenvalue weighted by atomic mass is 10.1. The number of ether oxygens (including phenoxy) is 1. The fourth-order valence-corrected chi connectivity index (χ4v) is 5.00. The molecule has 9 heteroatoms. The number of aromatic nitrogens is 1. The van der Waals surface area contributed by atoms with Crippen molar-refractivity contribution in [3.05, 3.63) is 51.4 Å². The molecule has 164 valence electrons. The number of hydrogen-bond acceptors (Lipinski definition) is 8. The number of rotatable bonds is 7. The molecule has 0 aliphatic heterocycles. The first-order valence-corrected chi connectivity index (χ1v) is 11.6. The summed E-state index contributed by atoms with van der Waals surface area (Å²) in [6.45, 7) is 6.89. The van der Waals surface area contributed by atoms with Gasteiger partial charge in [-0.25, -0.2) is 9.78 Å². The van der Waals surface area contributed by atoms with Gasteiger partial charge < -0.3 is 10.1 Å². The van der Waals surface area contributed by atoms with Crippen molar-refractivity contribution in [2.45, 2.75) is 32.7 Å². The van der Waals surface area contributed by atoms with Crippen LogP contribution in [0.15, 0.2) is 29.3 Å². The monoisotopic (exact) mass is 467 g/mol. The summed E-state index contributed by atoms with van der Waals surface area (Å²) in [5, 5.41) is 13.8. The largest absolute Gasteiger partial charge is 0.462 e. The van der Waals surface area contributed by atoms with E-state index in [0.717, 1.165) is 39.6 Å². The Balaban J connectivity index is 1.82. The van der Waals surface area contributed by atoms with Gasteiger partial charge in [-0.1, -0.05) is 23.9 Å². The number of nitriles is 1. The van der Waals surface area contributed by atoms with Crippen molar-refractivity contribution < 1.29 is 19.1 Å². The van der Waals surface area contributed by atoms with Gasteiger partial charge in [-0.3, -0.25) is 9.59 Å². The molecule has 0 saturated carbocycles. The zero-order valence-electron chi connectivity index (χ0n) is 18.1. The van der Waals surface area contributed by atoms with Crippen LogP contribution >= 0.6 is 23.1 Å². The number of carbonyl (C=O) groups excluding carboxylic acids is 3. The quantitative estimate of drug-likeness (QED) is 0.299. The predicted molar refractivity (Wildman–Crippen MR) is 126 cm³/mol. The molecule has 0 unspecified atom stereocenters. The van der Waals surface area contributed by atoms with E-state index in [-0.39, 0.29) is 34.6 Å². The van der Waals surface area contributed by atoms with Crippen molar-refractivity contribution in [3.8, 4) is 6.07 Å². The molecule has 0 saturated heterocycles. The average molecular weight is 468 g/mol. The number of thiophene rings is 1. The first-order chi connectivity index (χ1) is 15.2. The molecule has 0 bridgehead atoms. The molecule has 0 fully saturated rings. The summed E-state index contributed by atoms with van der Waals surface area (Å²) in [5.41, 5.74) is 2.86. The van der Waals surface area contributed by atoms with Crippen molar-refractivity contribution in [3.63, 3.8) is 0 Å². The van der Waals surface area contributed by atoms with E-state index < -0.39 is 5.97 Å². The fourth-order valence-electron chi connectivity index (χ4n) is 3.13. The van der Waals surface area contributed by atoms with Crippen molar-refractivity contribution in [2.24, 2.45) is 0 Å². The third-order valence-corrected chi connectivity index (χ3v) is 6.90. The summed E-state index contributed by atoms with van der Waals surface area (Å²) in [7, 11) is 0. The number of aryl methyl sites for hydroxylation is 1. The highest BCUT2D eigenvalue weighted by Crippen LogP contribution is 2.34. The highest BCUT2D eigenvalue weighted by molar-refractivity contribution is 8.00. The number of nitrogens with zero attached hydrogens (tertiary/aromatic N) is 2. The molecule has 2 aromatic heterocycles. The van der Waals surface area contributed by atoms with Gasteiger partial charge in [0.25, 0.3) is 0 Å². The normalized spacial score (nSPS) is 10.6. The van der Waals surface area contributed by atoms with Crippen LogP contribution in [-0.2, 0) is 9.53 Å². The van der Waals surface area contributed by atoms with Crippen LogP contribution in [-0.4, -0.2) is 35.0 Å². The van der Waals surface area contributed by atoms with Gasteiger partial charge in [0, 0.05) is 5.39 Å². The topological polar surface area (TPSA) is 109 Å². The fraction of sp³-hybridized carbons (Fsp3) is 0.261. The van der Waals surface area contributed by atoms with E-state index in [1.807, 2.05) is 25.1 Å². The Morgan fingerprint density at radius 2 is 2.00 bits per heavy atom. The van der Waals surface area contributed by atoms with Crippen molar-refractivity contribution in [1.82, 2.24) is 4.98 Å². The molecule has 1 N–H and O–H groups in total. The predicted octanol–water partition coefficient (Wildman–Crippen LogP) is 4.89. The average Bonchev–Trinajstić information content (AvgIpc) is 3.07. The van der Waals surface area contributed by atoms with Gasteiger partial charge >= 0.3 is 5.97 Å². The van der Waals surface area contributed by atoms with Crippen LogP contribution in [0.2, 0.25) is 0 Å². The Hall–Kier alpha value is -3.22. The summed E-state index contributed by atoms with van der Waals surface area (Å²) in [4.78, 5) is 41.9. The van der Waals surface area contributed by atoms with Crippen LogP contribution in [0.1, 0.15) is 50.6 Å². The maximum Gasteiger partial charge on any atom is 0.341 e. The number of pyridine rings is 1. The lowest BCUT2D eigenvalue weighted by molar-refractivity contribution is -0.113. The SMILES string of the molecule is CCOC(=O)c1c(NC(=O)CSc2nc3cc(C)ccc3cc2C#N)sc(C(C)=O)c1C. The second-order valence-corrected chi connectivity index (χ2v) is 9.01. The number of hydrogen-bond donors (Lipinski definition) is 1. The Bertz CT molecular complexity index is 1270. The molecule has 32 heavy (non-hydrogen) atoms. The smallest absolute Gasteiger partial charge is 0.341 e. The number of fused-ring (bicyclic) bond motifs is 1. The van der Waals surface area contributed by atoms with E-state index in [4.69, 9.17) is 4.74 Å². The van der Waals surface area contributed by atoms with Crippen LogP contribution in [0, 0.1) is 25.2 Å². The molecule has 0 aliphatic carbocycles. The van der Waals surface area contributed by atoms with Crippen LogP contribution in [0.4, 0.5) is 5.00 Å². The van der Waals surface area contributed by atoms with Gasteiger partial charge in [-0.05, 0) is 51.0 Å². The van der Waals surface area contributed by atoms with E-state index in [1.165, 1.54) is 6.92 Å². The summed E-state index contributed by atoms with van der Waals surface area (Å²) in [6, 6.07) is 9.65. The van der Waals surface area contributed by atoms with E-state index in [1.54, 1.807) is 19.9 Å². The molecule has 7 nitrogen and oxygen atoms in total. The van der Waals surface area contributed by atoms with Crippen LogP contribution in [0.3, 0.4) is 0 Å². The van der Waals surface area contributed by atoms with Gasteiger partial charge in [-0.2, -0.15) is 5.26 Å². The molecule has 0 atom stereocenters. The summed E-state index contributed by atoms with van der Waals surface area (Å²) in [6.07, 6.45) is 0. The number of benzene rings is 1. The number of thioether (sulfide) groups is 1. The Kier molecular flexibility index (Phi) is 7.28. The molecule has 3 aromatic rings. The Labute approximate surface area is 193 Å². The summed E-state index contributed by atoms with van der Waals surface area (Å²) < 4.78 is 5.09. The summed E-state index contributed by atoms with van der Waals surface area (Å²) >= 11 is 2.19. The lowest BCUT2D eigenvalue weighted by Crippen LogP contribution is -2.16. The molecule has 0 radical (unpaired) electrons. The van der Waals surface area contributed by atoms with E-state index in [9.17, 15) is 19.6 Å². The van der Waals surface area contributed by atoms with Gasteiger partial charge in [0.2, 0.25) is 5.91 Å². The molecule has 3 rings (SSSR count). The standard InChI is InChI=1S/C23H21N3O4S2/c1-5-30-23(29)19-13(3)20(14(4)27)32-22(19)26-18(28)11-31-21-16(10-24)9-15-7-6-12(2)8-17(15)25-21/h6-9H,5,11H2,1-4H3,(H,26,28). The zero-order chi connectivity index (χ0) is 23.4. The zero-order valence-corrected chi connectivity index (χ0v) is 19.7. The lowest BCUT2D eigenvalue weighted by Gasteiger charge is -2.08. The van der Waals surface area contributed by atoms with Gasteiger partial charge in [0.15, 0.2) is 5.78 Å². The maximum atomic E-state index is 12.7. The molecular formula is C23H21N3O4S2.